The van der Waals surface area contributed by atoms with Gasteiger partial charge in [0.1, 0.15) is 11.6 Å². The molecule has 0 bridgehead atoms. The number of rotatable bonds is 9. The molecule has 1 aromatic carbocycles. The van der Waals surface area contributed by atoms with E-state index in [9.17, 15) is 4.39 Å². The second kappa shape index (κ2) is 8.72. The minimum Gasteiger partial charge on any atom is -0.494 e. The summed E-state index contributed by atoms with van der Waals surface area (Å²) < 4.78 is 28.3. The van der Waals surface area contributed by atoms with Gasteiger partial charge in [-0.1, -0.05) is 0 Å². The molecule has 0 aliphatic carbocycles. The van der Waals surface area contributed by atoms with Gasteiger partial charge in [0.05, 0.1) is 19.4 Å². The summed E-state index contributed by atoms with van der Waals surface area (Å²) in [4.78, 5) is 0. The summed E-state index contributed by atoms with van der Waals surface area (Å²) in [5.74, 6) is 0.183. The molecule has 0 aliphatic heterocycles. The van der Waals surface area contributed by atoms with Gasteiger partial charge >= 0.3 is 0 Å². The van der Waals surface area contributed by atoms with Gasteiger partial charge in [-0.25, -0.2) is 4.39 Å². The average molecular weight is 257 g/mol. The van der Waals surface area contributed by atoms with Crippen LogP contribution in [0.2, 0.25) is 0 Å². The van der Waals surface area contributed by atoms with E-state index in [0.717, 1.165) is 12.1 Å². The van der Waals surface area contributed by atoms with Gasteiger partial charge in [-0.05, 0) is 18.6 Å². The van der Waals surface area contributed by atoms with E-state index in [2.05, 4.69) is 5.32 Å². The fraction of sp³-hybridized carbons (Fsp3) is 0.538. The molecule has 0 radical (unpaired) electrons. The lowest BCUT2D eigenvalue weighted by atomic mass is 10.3. The number of nitrogens with one attached hydrogen (secondary N) is 1. The molecule has 5 heteroatoms. The molecule has 0 atom stereocenters. The number of hydrogen-bond acceptors (Lipinski definition) is 4. The molecule has 4 nitrogen and oxygen atoms in total. The standard InChI is InChI=1S/C13H20FNO3/c1-16-7-3-8-18-9-6-15-12-5-4-11(14)10-13(12)17-2/h4-5,10,15H,3,6-9H2,1-2H3. The van der Waals surface area contributed by atoms with E-state index in [1.165, 1.54) is 19.2 Å². The van der Waals surface area contributed by atoms with Crippen LogP contribution in [0.15, 0.2) is 18.2 Å². The van der Waals surface area contributed by atoms with Crippen LogP contribution in [0.1, 0.15) is 6.42 Å². The lowest BCUT2D eigenvalue weighted by Gasteiger charge is -2.11. The number of halogens is 1. The highest BCUT2D eigenvalue weighted by atomic mass is 19.1. The highest BCUT2D eigenvalue weighted by Gasteiger charge is 2.03. The minimum absolute atomic E-state index is 0.312. The van der Waals surface area contributed by atoms with Crippen LogP contribution in [0.5, 0.6) is 5.75 Å². The van der Waals surface area contributed by atoms with Gasteiger partial charge in [0.15, 0.2) is 0 Å². The van der Waals surface area contributed by atoms with Gasteiger partial charge in [-0.2, -0.15) is 0 Å². The van der Waals surface area contributed by atoms with Crippen LogP contribution in [0.25, 0.3) is 0 Å². The van der Waals surface area contributed by atoms with Crippen LogP contribution in [0, 0.1) is 5.82 Å². The van der Waals surface area contributed by atoms with E-state index in [1.807, 2.05) is 0 Å². The summed E-state index contributed by atoms with van der Waals surface area (Å²) >= 11 is 0. The smallest absolute Gasteiger partial charge is 0.144 e. The van der Waals surface area contributed by atoms with Crippen molar-refractivity contribution in [1.82, 2.24) is 0 Å². The van der Waals surface area contributed by atoms with Crippen LogP contribution < -0.4 is 10.1 Å². The van der Waals surface area contributed by atoms with E-state index in [0.29, 0.717) is 32.1 Å². The van der Waals surface area contributed by atoms with Crippen molar-refractivity contribution in [2.75, 3.05) is 45.9 Å². The summed E-state index contributed by atoms with van der Waals surface area (Å²) in [6.45, 7) is 2.62. The zero-order chi connectivity index (χ0) is 13.2. The van der Waals surface area contributed by atoms with Gasteiger partial charge in [0.2, 0.25) is 0 Å². The maximum absolute atomic E-state index is 13.0. The molecular formula is C13H20FNO3. The third-order valence-electron chi connectivity index (χ3n) is 2.36. The van der Waals surface area contributed by atoms with Crippen molar-refractivity contribution in [3.63, 3.8) is 0 Å². The summed E-state index contributed by atoms with van der Waals surface area (Å²) in [6.07, 6.45) is 0.885. The van der Waals surface area contributed by atoms with E-state index < -0.39 is 0 Å². The number of anilines is 1. The topological polar surface area (TPSA) is 39.7 Å². The van der Waals surface area contributed by atoms with Crippen molar-refractivity contribution >= 4 is 5.69 Å². The summed E-state index contributed by atoms with van der Waals surface area (Å²) in [5, 5.41) is 3.13. The first-order valence-electron chi connectivity index (χ1n) is 5.92. The Hall–Kier alpha value is -1.33. The van der Waals surface area contributed by atoms with E-state index >= 15 is 0 Å². The monoisotopic (exact) mass is 257 g/mol. The zero-order valence-corrected chi connectivity index (χ0v) is 10.9. The fourth-order valence-corrected chi connectivity index (χ4v) is 1.48. The van der Waals surface area contributed by atoms with Crippen molar-refractivity contribution in [2.45, 2.75) is 6.42 Å². The first kappa shape index (κ1) is 14.7. The van der Waals surface area contributed by atoms with Crippen LogP contribution in [0.4, 0.5) is 10.1 Å². The highest BCUT2D eigenvalue weighted by Crippen LogP contribution is 2.24. The van der Waals surface area contributed by atoms with Crippen molar-refractivity contribution in [3.8, 4) is 5.75 Å². The normalized spacial score (nSPS) is 10.4. The lowest BCUT2D eigenvalue weighted by molar-refractivity contribution is 0.109. The molecule has 18 heavy (non-hydrogen) atoms. The molecule has 0 aliphatic rings. The Morgan fingerprint density at radius 1 is 1.17 bits per heavy atom. The van der Waals surface area contributed by atoms with Crippen molar-refractivity contribution in [2.24, 2.45) is 0 Å². The molecule has 0 unspecified atom stereocenters. The first-order chi connectivity index (χ1) is 8.77. The second-order valence-corrected chi connectivity index (χ2v) is 3.73. The first-order valence-corrected chi connectivity index (χ1v) is 5.92. The molecule has 0 aromatic heterocycles. The summed E-state index contributed by atoms with van der Waals surface area (Å²) in [5.41, 5.74) is 0.763. The Morgan fingerprint density at radius 2 is 2.00 bits per heavy atom. The SMILES string of the molecule is COCCCOCCNc1ccc(F)cc1OC. The zero-order valence-electron chi connectivity index (χ0n) is 10.9. The Kier molecular flexibility index (Phi) is 7.13. The largest absolute Gasteiger partial charge is 0.494 e. The van der Waals surface area contributed by atoms with E-state index in [-0.39, 0.29) is 5.82 Å². The second-order valence-electron chi connectivity index (χ2n) is 3.73. The van der Waals surface area contributed by atoms with Crippen molar-refractivity contribution < 1.29 is 18.6 Å². The highest BCUT2D eigenvalue weighted by molar-refractivity contribution is 5.56. The summed E-state index contributed by atoms with van der Waals surface area (Å²) in [6, 6.07) is 4.39. The van der Waals surface area contributed by atoms with Crippen LogP contribution in [-0.2, 0) is 9.47 Å². The third-order valence-corrected chi connectivity index (χ3v) is 2.36. The molecular weight excluding hydrogens is 237 g/mol. The van der Waals surface area contributed by atoms with Gasteiger partial charge in [0, 0.05) is 32.9 Å². The molecule has 1 rings (SSSR count). The molecule has 0 saturated heterocycles. The summed E-state index contributed by atoms with van der Waals surface area (Å²) in [7, 11) is 3.18. The van der Waals surface area contributed by atoms with Crippen LogP contribution in [-0.4, -0.2) is 40.6 Å². The van der Waals surface area contributed by atoms with Gasteiger partial charge in [0.25, 0.3) is 0 Å². The number of methoxy groups -OCH3 is 2. The minimum atomic E-state index is -0.312. The predicted octanol–water partition coefficient (Wildman–Crippen LogP) is 2.30. The molecule has 0 fully saturated rings. The Morgan fingerprint density at radius 3 is 2.72 bits per heavy atom. The number of benzene rings is 1. The van der Waals surface area contributed by atoms with Gasteiger partial charge in [-0.3, -0.25) is 0 Å². The fourth-order valence-electron chi connectivity index (χ4n) is 1.48. The Bertz CT molecular complexity index is 347. The molecule has 0 spiro atoms. The molecule has 102 valence electrons. The predicted molar refractivity (Wildman–Crippen MR) is 68.8 cm³/mol. The Balaban J connectivity index is 2.22. The maximum Gasteiger partial charge on any atom is 0.144 e. The number of hydrogen-bond donors (Lipinski definition) is 1. The van der Waals surface area contributed by atoms with Crippen LogP contribution in [0.3, 0.4) is 0 Å². The van der Waals surface area contributed by atoms with Crippen LogP contribution >= 0.6 is 0 Å². The van der Waals surface area contributed by atoms with E-state index in [1.54, 1.807) is 13.2 Å². The molecule has 1 N–H and O–H groups in total. The van der Waals surface area contributed by atoms with Crippen molar-refractivity contribution in [1.29, 1.82) is 0 Å². The van der Waals surface area contributed by atoms with E-state index in [4.69, 9.17) is 14.2 Å². The third kappa shape index (κ3) is 5.33. The number of ether oxygens (including phenoxy) is 3. The average Bonchev–Trinajstić information content (AvgIpc) is 2.39. The van der Waals surface area contributed by atoms with Gasteiger partial charge in [-0.15, -0.1) is 0 Å². The molecule has 0 heterocycles. The molecule has 0 amide bonds. The van der Waals surface area contributed by atoms with Gasteiger partial charge < -0.3 is 19.5 Å². The lowest BCUT2D eigenvalue weighted by Crippen LogP contribution is -2.11. The van der Waals surface area contributed by atoms with Crippen molar-refractivity contribution in [3.05, 3.63) is 24.0 Å². The molecule has 1 aromatic rings. The molecule has 0 saturated carbocycles. The maximum atomic E-state index is 13.0. The quantitative estimate of drug-likeness (QED) is 0.689. The Labute approximate surface area is 107 Å².